The average molecular weight is 547 g/mol. The van der Waals surface area contributed by atoms with Crippen LogP contribution in [0.2, 0.25) is 0 Å². The van der Waals surface area contributed by atoms with Crippen molar-refractivity contribution in [2.75, 3.05) is 44.2 Å². The van der Waals surface area contributed by atoms with Gasteiger partial charge in [-0.1, -0.05) is 38.2 Å². The molecule has 40 heavy (non-hydrogen) atoms. The highest BCUT2D eigenvalue weighted by Gasteiger charge is 2.42. The van der Waals surface area contributed by atoms with Gasteiger partial charge in [0.05, 0.1) is 23.1 Å². The van der Waals surface area contributed by atoms with E-state index >= 15 is 0 Å². The van der Waals surface area contributed by atoms with Crippen LogP contribution >= 0.6 is 0 Å². The SMILES string of the molecule is O=C(c1ccco1)N1CCN(C(=O)C2CCN(c3cccc4c3C(=O)N(C3CCCCCCC3)C4=O)CC2)CC1. The molecule has 9 nitrogen and oxygen atoms in total. The fourth-order valence-corrected chi connectivity index (χ4v) is 6.89. The van der Waals surface area contributed by atoms with Gasteiger partial charge in [0.25, 0.3) is 17.7 Å². The van der Waals surface area contributed by atoms with Gasteiger partial charge in [-0.3, -0.25) is 24.1 Å². The summed E-state index contributed by atoms with van der Waals surface area (Å²) in [6.07, 6.45) is 10.3. The summed E-state index contributed by atoms with van der Waals surface area (Å²) >= 11 is 0. The number of furan rings is 1. The van der Waals surface area contributed by atoms with Crippen LogP contribution in [0.15, 0.2) is 41.0 Å². The van der Waals surface area contributed by atoms with Gasteiger partial charge >= 0.3 is 0 Å². The van der Waals surface area contributed by atoms with Crippen molar-refractivity contribution in [2.45, 2.75) is 63.8 Å². The lowest BCUT2D eigenvalue weighted by Crippen LogP contribution is -2.53. The van der Waals surface area contributed by atoms with Gasteiger partial charge in [0, 0.05) is 51.2 Å². The predicted octanol–water partition coefficient (Wildman–Crippen LogP) is 4.19. The molecule has 0 bridgehead atoms. The zero-order valence-corrected chi connectivity index (χ0v) is 23.1. The summed E-state index contributed by atoms with van der Waals surface area (Å²) in [6, 6.07) is 8.96. The van der Waals surface area contributed by atoms with Crippen LogP contribution in [0.5, 0.6) is 0 Å². The smallest absolute Gasteiger partial charge is 0.289 e. The number of piperidine rings is 1. The van der Waals surface area contributed by atoms with E-state index < -0.39 is 0 Å². The molecule has 1 aliphatic carbocycles. The van der Waals surface area contributed by atoms with E-state index in [1.165, 1.54) is 12.7 Å². The molecule has 0 N–H and O–H groups in total. The summed E-state index contributed by atoms with van der Waals surface area (Å²) in [6.45, 7) is 3.35. The quantitative estimate of drug-likeness (QED) is 0.534. The molecular weight excluding hydrogens is 508 g/mol. The van der Waals surface area contributed by atoms with E-state index in [0.29, 0.717) is 69.0 Å². The molecule has 1 saturated carbocycles. The van der Waals surface area contributed by atoms with Crippen LogP contribution in [0.4, 0.5) is 5.69 Å². The van der Waals surface area contributed by atoms with Gasteiger partial charge < -0.3 is 19.1 Å². The number of fused-ring (bicyclic) bond motifs is 1. The van der Waals surface area contributed by atoms with Gasteiger partial charge in [0.2, 0.25) is 5.91 Å². The number of carbonyl (C=O) groups excluding carboxylic acids is 4. The summed E-state index contributed by atoms with van der Waals surface area (Å²) in [5.41, 5.74) is 1.88. The van der Waals surface area contributed by atoms with Crippen LogP contribution in [0.3, 0.4) is 0 Å². The number of benzene rings is 1. The van der Waals surface area contributed by atoms with Crippen LogP contribution in [0, 0.1) is 5.92 Å². The zero-order valence-electron chi connectivity index (χ0n) is 23.1. The van der Waals surface area contributed by atoms with Gasteiger partial charge in [-0.2, -0.15) is 0 Å². The lowest BCUT2D eigenvalue weighted by molar-refractivity contribution is -0.137. The molecule has 0 unspecified atom stereocenters. The van der Waals surface area contributed by atoms with Crippen molar-refractivity contribution in [1.29, 1.82) is 0 Å². The number of imide groups is 1. The Morgan fingerprint density at radius 3 is 2.08 bits per heavy atom. The number of carbonyl (C=O) groups is 4. The molecule has 2 aromatic rings. The van der Waals surface area contributed by atoms with Crippen molar-refractivity contribution in [2.24, 2.45) is 5.92 Å². The largest absolute Gasteiger partial charge is 0.459 e. The van der Waals surface area contributed by atoms with Crippen molar-refractivity contribution in [3.8, 4) is 0 Å². The standard InChI is InChI=1S/C31H38N4O5/c36-28(33-17-19-34(20-18-33)30(38)26-12-7-21-40-26)22-13-15-32(16-14-22)25-11-6-10-24-27(25)31(39)35(29(24)37)23-8-4-2-1-3-5-9-23/h6-7,10-12,21-23H,1-5,8-9,13-20H2. The minimum absolute atomic E-state index is 0.0150. The van der Waals surface area contributed by atoms with E-state index in [4.69, 9.17) is 4.42 Å². The van der Waals surface area contributed by atoms with Crippen molar-refractivity contribution in [3.05, 3.63) is 53.5 Å². The second-order valence-electron chi connectivity index (χ2n) is 11.5. The first-order chi connectivity index (χ1) is 19.5. The second kappa shape index (κ2) is 11.5. The van der Waals surface area contributed by atoms with E-state index in [2.05, 4.69) is 4.90 Å². The summed E-state index contributed by atoms with van der Waals surface area (Å²) in [4.78, 5) is 60.3. The van der Waals surface area contributed by atoms with Gasteiger partial charge in [0.15, 0.2) is 5.76 Å². The Hall–Kier alpha value is -3.62. The fourth-order valence-electron chi connectivity index (χ4n) is 6.89. The number of anilines is 1. The van der Waals surface area contributed by atoms with Gasteiger partial charge in [-0.25, -0.2) is 0 Å². The number of nitrogens with zero attached hydrogens (tertiary/aromatic N) is 4. The third-order valence-electron chi connectivity index (χ3n) is 9.16. The molecular formula is C31H38N4O5. The maximum absolute atomic E-state index is 13.7. The van der Waals surface area contributed by atoms with Crippen LogP contribution in [-0.2, 0) is 4.79 Å². The molecule has 212 valence electrons. The van der Waals surface area contributed by atoms with E-state index in [9.17, 15) is 19.2 Å². The molecule has 0 spiro atoms. The van der Waals surface area contributed by atoms with E-state index in [0.717, 1.165) is 44.2 Å². The summed E-state index contributed by atoms with van der Waals surface area (Å²) in [5.74, 6) is -0.0492. The number of hydrogen-bond donors (Lipinski definition) is 0. The lowest BCUT2D eigenvalue weighted by atomic mass is 9.93. The zero-order chi connectivity index (χ0) is 27.6. The molecule has 0 radical (unpaired) electrons. The van der Waals surface area contributed by atoms with Crippen LogP contribution in [-0.4, -0.2) is 83.6 Å². The Kier molecular flexibility index (Phi) is 7.63. The summed E-state index contributed by atoms with van der Waals surface area (Å²) in [7, 11) is 0. The Bertz CT molecular complexity index is 1250. The number of rotatable bonds is 4. The van der Waals surface area contributed by atoms with Crippen LogP contribution in [0.25, 0.3) is 0 Å². The van der Waals surface area contributed by atoms with E-state index in [1.807, 2.05) is 17.0 Å². The van der Waals surface area contributed by atoms with Crippen LogP contribution < -0.4 is 4.90 Å². The molecule has 9 heteroatoms. The Morgan fingerprint density at radius 1 is 0.725 bits per heavy atom. The molecule has 4 amide bonds. The number of amides is 4. The van der Waals surface area contributed by atoms with Gasteiger partial charge in [-0.05, 0) is 49.9 Å². The minimum atomic E-state index is -0.152. The first-order valence-electron chi connectivity index (χ1n) is 14.9. The Balaban J connectivity index is 1.07. The number of piperazine rings is 1. The summed E-state index contributed by atoms with van der Waals surface area (Å²) < 4.78 is 5.23. The minimum Gasteiger partial charge on any atom is -0.459 e. The monoisotopic (exact) mass is 546 g/mol. The van der Waals surface area contributed by atoms with Crippen LogP contribution in [0.1, 0.15) is 89.1 Å². The lowest BCUT2D eigenvalue weighted by Gasteiger charge is -2.39. The highest BCUT2D eigenvalue weighted by Crippen LogP contribution is 2.37. The first kappa shape index (κ1) is 26.6. The number of hydrogen-bond acceptors (Lipinski definition) is 6. The first-order valence-corrected chi connectivity index (χ1v) is 14.9. The maximum atomic E-state index is 13.7. The summed E-state index contributed by atoms with van der Waals surface area (Å²) in [5, 5.41) is 0. The second-order valence-corrected chi connectivity index (χ2v) is 11.5. The molecule has 0 atom stereocenters. The van der Waals surface area contributed by atoms with Crippen molar-refractivity contribution >= 4 is 29.3 Å². The predicted molar refractivity (Wildman–Crippen MR) is 149 cm³/mol. The van der Waals surface area contributed by atoms with E-state index in [1.54, 1.807) is 28.0 Å². The van der Waals surface area contributed by atoms with Gasteiger partial charge in [-0.15, -0.1) is 0 Å². The third kappa shape index (κ3) is 5.02. The highest BCUT2D eigenvalue weighted by atomic mass is 16.3. The normalized spacial score (nSPS) is 21.4. The van der Waals surface area contributed by atoms with E-state index in [-0.39, 0.29) is 35.6 Å². The van der Waals surface area contributed by atoms with Crippen molar-refractivity contribution in [1.82, 2.24) is 14.7 Å². The Morgan fingerprint density at radius 2 is 1.40 bits per heavy atom. The molecule has 4 aliphatic rings. The highest BCUT2D eigenvalue weighted by molar-refractivity contribution is 6.24. The fraction of sp³-hybridized carbons (Fsp3) is 0.548. The van der Waals surface area contributed by atoms with Crippen molar-refractivity contribution < 1.29 is 23.6 Å². The molecule has 3 fully saturated rings. The third-order valence-corrected chi connectivity index (χ3v) is 9.16. The molecule has 2 saturated heterocycles. The molecule has 6 rings (SSSR count). The van der Waals surface area contributed by atoms with Crippen molar-refractivity contribution in [3.63, 3.8) is 0 Å². The average Bonchev–Trinajstić information content (AvgIpc) is 3.60. The molecule has 3 aliphatic heterocycles. The molecule has 1 aromatic carbocycles. The topological polar surface area (TPSA) is 94.4 Å². The maximum Gasteiger partial charge on any atom is 0.289 e. The molecule has 4 heterocycles. The Labute approximate surface area is 235 Å². The van der Waals surface area contributed by atoms with Gasteiger partial charge in [0.1, 0.15) is 0 Å². The molecule has 1 aromatic heterocycles.